The van der Waals surface area contributed by atoms with Gasteiger partial charge in [-0.2, -0.15) is 0 Å². The molecular weight excluding hydrogens is 224 g/mol. The van der Waals surface area contributed by atoms with Crippen LogP contribution in [0.25, 0.3) is 0 Å². The molecule has 1 aliphatic heterocycles. The molecule has 2 aliphatic rings. The van der Waals surface area contributed by atoms with Gasteiger partial charge in [-0.25, -0.2) is 0 Å². The average molecular weight is 242 g/mol. The fraction of sp³-hybridized carbons (Fsp3) is 0.818. The van der Waals surface area contributed by atoms with Gasteiger partial charge in [-0.1, -0.05) is 6.42 Å². The zero-order chi connectivity index (χ0) is 12.4. The van der Waals surface area contributed by atoms with Gasteiger partial charge in [0.05, 0.1) is 25.2 Å². The number of ether oxygens (including phenoxy) is 1. The van der Waals surface area contributed by atoms with Crippen molar-refractivity contribution in [2.45, 2.75) is 31.3 Å². The van der Waals surface area contributed by atoms with Crippen molar-refractivity contribution in [2.24, 2.45) is 17.6 Å². The fourth-order valence-corrected chi connectivity index (χ4v) is 2.54. The lowest BCUT2D eigenvalue weighted by Crippen LogP contribution is -2.47. The van der Waals surface area contributed by atoms with E-state index in [0.717, 1.165) is 19.3 Å². The Balaban J connectivity index is 1.91. The maximum Gasteiger partial charge on any atom is 0.311 e. The van der Waals surface area contributed by atoms with Gasteiger partial charge in [0.1, 0.15) is 5.92 Å². The number of carbonyl (C=O) groups is 2. The minimum atomic E-state index is -0.927. The second-order valence-electron chi connectivity index (χ2n) is 4.80. The van der Waals surface area contributed by atoms with Gasteiger partial charge in [0, 0.05) is 6.04 Å². The Hall–Kier alpha value is -1.14. The summed E-state index contributed by atoms with van der Waals surface area (Å²) in [5.41, 5.74) is 5.84. The van der Waals surface area contributed by atoms with Gasteiger partial charge < -0.3 is 20.9 Å². The molecule has 17 heavy (non-hydrogen) atoms. The summed E-state index contributed by atoms with van der Waals surface area (Å²) < 4.78 is 5.09. The van der Waals surface area contributed by atoms with Crippen LogP contribution in [0.15, 0.2) is 0 Å². The van der Waals surface area contributed by atoms with Crippen molar-refractivity contribution >= 4 is 11.9 Å². The normalized spacial score (nSPS) is 37.0. The molecule has 6 heteroatoms. The zero-order valence-corrected chi connectivity index (χ0v) is 9.59. The van der Waals surface area contributed by atoms with Gasteiger partial charge in [-0.3, -0.25) is 9.59 Å². The second kappa shape index (κ2) is 5.01. The molecule has 0 aromatic rings. The summed E-state index contributed by atoms with van der Waals surface area (Å²) in [6.45, 7) is 0.432. The van der Waals surface area contributed by atoms with Crippen LogP contribution in [0, 0.1) is 11.8 Å². The topological polar surface area (TPSA) is 102 Å². The third kappa shape index (κ3) is 2.58. The maximum atomic E-state index is 11.9. The molecule has 1 aliphatic carbocycles. The molecule has 0 aromatic carbocycles. The minimum Gasteiger partial charge on any atom is -0.481 e. The first-order valence-corrected chi connectivity index (χ1v) is 5.96. The van der Waals surface area contributed by atoms with Crippen molar-refractivity contribution < 1.29 is 19.4 Å². The van der Waals surface area contributed by atoms with Crippen LogP contribution in [-0.4, -0.2) is 42.3 Å². The number of carboxylic acid groups (broad SMARTS) is 1. The van der Waals surface area contributed by atoms with E-state index < -0.39 is 17.9 Å². The lowest BCUT2D eigenvalue weighted by atomic mass is 10.00. The van der Waals surface area contributed by atoms with E-state index in [2.05, 4.69) is 5.32 Å². The molecule has 1 saturated carbocycles. The van der Waals surface area contributed by atoms with E-state index >= 15 is 0 Å². The molecule has 4 N–H and O–H groups in total. The van der Waals surface area contributed by atoms with Gasteiger partial charge >= 0.3 is 5.97 Å². The quantitative estimate of drug-likeness (QED) is 0.609. The van der Waals surface area contributed by atoms with E-state index in [1.807, 2.05) is 0 Å². The van der Waals surface area contributed by atoms with Crippen molar-refractivity contribution in [3.8, 4) is 0 Å². The van der Waals surface area contributed by atoms with E-state index in [-0.39, 0.29) is 31.1 Å². The number of hydrogen-bond acceptors (Lipinski definition) is 4. The molecule has 1 saturated heterocycles. The van der Waals surface area contributed by atoms with Crippen molar-refractivity contribution in [2.75, 3.05) is 13.2 Å². The van der Waals surface area contributed by atoms with Gasteiger partial charge in [0.25, 0.3) is 0 Å². The SMILES string of the molecule is NC1CCCC1C(=O)NC1COCC1C(=O)O. The molecule has 4 unspecified atom stereocenters. The smallest absolute Gasteiger partial charge is 0.311 e. The highest BCUT2D eigenvalue weighted by atomic mass is 16.5. The molecule has 6 nitrogen and oxygen atoms in total. The first-order chi connectivity index (χ1) is 8.09. The monoisotopic (exact) mass is 242 g/mol. The molecule has 4 atom stereocenters. The van der Waals surface area contributed by atoms with Gasteiger partial charge in [0.15, 0.2) is 0 Å². The maximum absolute atomic E-state index is 11.9. The highest BCUT2D eigenvalue weighted by molar-refractivity contribution is 5.81. The summed E-state index contributed by atoms with van der Waals surface area (Å²) in [6, 6.07) is -0.520. The number of nitrogens with two attached hydrogens (primary N) is 1. The Labute approximate surface area is 99.5 Å². The fourth-order valence-electron chi connectivity index (χ4n) is 2.54. The molecule has 2 fully saturated rings. The number of rotatable bonds is 3. The molecule has 1 amide bonds. The number of nitrogens with one attached hydrogen (secondary N) is 1. The predicted octanol–water partition coefficient (Wildman–Crippen LogP) is -0.670. The summed E-state index contributed by atoms with van der Waals surface area (Å²) in [5, 5.41) is 11.7. The van der Waals surface area contributed by atoms with Gasteiger partial charge in [0.2, 0.25) is 5.91 Å². The first-order valence-electron chi connectivity index (χ1n) is 5.96. The third-order valence-electron chi connectivity index (χ3n) is 3.63. The number of hydrogen-bond donors (Lipinski definition) is 3. The third-order valence-corrected chi connectivity index (χ3v) is 3.63. The van der Waals surface area contributed by atoms with E-state index in [9.17, 15) is 9.59 Å². The largest absolute Gasteiger partial charge is 0.481 e. The molecule has 1 heterocycles. The lowest BCUT2D eigenvalue weighted by Gasteiger charge is -2.20. The lowest BCUT2D eigenvalue weighted by molar-refractivity contribution is -0.142. The van der Waals surface area contributed by atoms with Crippen LogP contribution >= 0.6 is 0 Å². The first kappa shape index (κ1) is 12.3. The molecule has 0 aromatic heterocycles. The molecule has 0 radical (unpaired) electrons. The van der Waals surface area contributed by atoms with Crippen molar-refractivity contribution in [3.63, 3.8) is 0 Å². The van der Waals surface area contributed by atoms with Crippen LogP contribution in [0.5, 0.6) is 0 Å². The molecule has 96 valence electrons. The second-order valence-corrected chi connectivity index (χ2v) is 4.80. The Kier molecular flexibility index (Phi) is 3.63. The van der Waals surface area contributed by atoms with Crippen LogP contribution in [-0.2, 0) is 14.3 Å². The Bertz CT molecular complexity index is 321. The van der Waals surface area contributed by atoms with Crippen molar-refractivity contribution in [3.05, 3.63) is 0 Å². The van der Waals surface area contributed by atoms with Gasteiger partial charge in [-0.05, 0) is 12.8 Å². The van der Waals surface area contributed by atoms with Crippen molar-refractivity contribution in [1.82, 2.24) is 5.32 Å². The summed E-state index contributed by atoms with van der Waals surface area (Å²) in [5.74, 6) is -1.87. The summed E-state index contributed by atoms with van der Waals surface area (Å²) in [4.78, 5) is 22.9. The molecular formula is C11H18N2O4. The van der Waals surface area contributed by atoms with Gasteiger partial charge in [-0.15, -0.1) is 0 Å². The standard InChI is InChI=1S/C11H18N2O4/c12-8-3-1-2-6(8)10(14)13-9-5-17-4-7(9)11(15)16/h6-9H,1-5,12H2,(H,13,14)(H,15,16). The Morgan fingerprint density at radius 1 is 1.24 bits per heavy atom. The van der Waals surface area contributed by atoms with Crippen LogP contribution in [0.3, 0.4) is 0 Å². The van der Waals surface area contributed by atoms with E-state index in [0.29, 0.717) is 0 Å². The Morgan fingerprint density at radius 3 is 2.59 bits per heavy atom. The van der Waals surface area contributed by atoms with Crippen LogP contribution in [0.1, 0.15) is 19.3 Å². The van der Waals surface area contributed by atoms with E-state index in [4.69, 9.17) is 15.6 Å². The minimum absolute atomic E-state index is 0.0967. The van der Waals surface area contributed by atoms with Crippen LogP contribution < -0.4 is 11.1 Å². The predicted molar refractivity (Wildman–Crippen MR) is 59.2 cm³/mol. The number of amides is 1. The average Bonchev–Trinajstić information content (AvgIpc) is 2.86. The molecule has 0 spiro atoms. The summed E-state index contributed by atoms with van der Waals surface area (Å²) in [7, 11) is 0. The van der Waals surface area contributed by atoms with E-state index in [1.54, 1.807) is 0 Å². The van der Waals surface area contributed by atoms with Crippen LogP contribution in [0.4, 0.5) is 0 Å². The summed E-state index contributed by atoms with van der Waals surface area (Å²) >= 11 is 0. The van der Waals surface area contributed by atoms with Crippen LogP contribution in [0.2, 0.25) is 0 Å². The van der Waals surface area contributed by atoms with E-state index in [1.165, 1.54) is 0 Å². The summed E-state index contributed by atoms with van der Waals surface area (Å²) in [6.07, 6.45) is 2.61. The molecule has 2 rings (SSSR count). The zero-order valence-electron chi connectivity index (χ0n) is 9.59. The number of carbonyl (C=O) groups excluding carboxylic acids is 1. The number of carboxylic acids is 1. The van der Waals surface area contributed by atoms with Crippen molar-refractivity contribution in [1.29, 1.82) is 0 Å². The Morgan fingerprint density at radius 2 is 2.00 bits per heavy atom. The number of aliphatic carboxylic acids is 1. The molecule has 0 bridgehead atoms. The highest BCUT2D eigenvalue weighted by Gasteiger charge is 2.38. The highest BCUT2D eigenvalue weighted by Crippen LogP contribution is 2.25.